The van der Waals surface area contributed by atoms with E-state index in [1.165, 1.54) is 5.56 Å². The average molecular weight is 363 g/mol. The smallest absolute Gasteiger partial charge is 0.321 e. The first-order valence-corrected chi connectivity index (χ1v) is 9.08. The summed E-state index contributed by atoms with van der Waals surface area (Å²) in [5, 5.41) is 4.98. The van der Waals surface area contributed by atoms with Crippen molar-refractivity contribution in [3.63, 3.8) is 0 Å². The summed E-state index contributed by atoms with van der Waals surface area (Å²) in [6, 6.07) is 7.69. The summed E-state index contributed by atoms with van der Waals surface area (Å²) in [6.07, 6.45) is 4.34. The molecule has 0 unspecified atom stereocenters. The Hall–Kier alpha value is -2.12. The van der Waals surface area contributed by atoms with E-state index < -0.39 is 6.03 Å². The molecule has 0 aliphatic carbocycles. The molecule has 1 atom stereocenters. The minimum absolute atomic E-state index is 0.172. The van der Waals surface area contributed by atoms with Crippen LogP contribution in [0.4, 0.5) is 4.79 Å². The summed E-state index contributed by atoms with van der Waals surface area (Å²) in [7, 11) is 3.21. The number of carbonyl (C=O) groups is 2. The highest BCUT2D eigenvalue weighted by molar-refractivity contribution is 5.95. The number of methoxy groups -OCH3 is 2. The van der Waals surface area contributed by atoms with Gasteiger partial charge in [-0.15, -0.1) is 0 Å². The number of benzene rings is 1. The lowest BCUT2D eigenvalue weighted by molar-refractivity contribution is -0.121. The molecule has 1 fully saturated rings. The number of amides is 3. The van der Waals surface area contributed by atoms with E-state index in [4.69, 9.17) is 9.47 Å². The maximum absolute atomic E-state index is 12.3. The normalized spacial score (nSPS) is 18.0. The van der Waals surface area contributed by atoms with Crippen LogP contribution in [0.2, 0.25) is 0 Å². The number of hydrogen-bond acceptors (Lipinski definition) is 5. The van der Waals surface area contributed by atoms with Crippen LogP contribution in [0, 0.1) is 0 Å². The van der Waals surface area contributed by atoms with E-state index in [1.807, 2.05) is 12.1 Å². The van der Waals surface area contributed by atoms with Crippen LogP contribution in [0.1, 0.15) is 37.3 Å². The Balaban J connectivity index is 1.96. The first-order valence-electron chi connectivity index (χ1n) is 9.08. The van der Waals surface area contributed by atoms with Gasteiger partial charge in [0.1, 0.15) is 5.75 Å². The van der Waals surface area contributed by atoms with Crippen LogP contribution < -0.4 is 15.4 Å². The Kier molecular flexibility index (Phi) is 8.37. The van der Waals surface area contributed by atoms with E-state index in [-0.39, 0.29) is 18.5 Å². The Morgan fingerprint density at radius 1 is 1.15 bits per heavy atom. The highest BCUT2D eigenvalue weighted by Crippen LogP contribution is 2.30. The van der Waals surface area contributed by atoms with E-state index in [2.05, 4.69) is 27.7 Å². The molecule has 0 radical (unpaired) electrons. The van der Waals surface area contributed by atoms with Gasteiger partial charge >= 0.3 is 6.03 Å². The molecule has 1 saturated heterocycles. The van der Waals surface area contributed by atoms with Gasteiger partial charge in [0, 0.05) is 19.7 Å². The van der Waals surface area contributed by atoms with Crippen molar-refractivity contribution in [1.82, 2.24) is 15.5 Å². The van der Waals surface area contributed by atoms with Crippen LogP contribution in [0.3, 0.4) is 0 Å². The maximum atomic E-state index is 12.3. The lowest BCUT2D eigenvalue weighted by Gasteiger charge is -2.29. The molecule has 1 aromatic rings. The molecule has 0 bridgehead atoms. The van der Waals surface area contributed by atoms with Crippen molar-refractivity contribution in [3.8, 4) is 5.75 Å². The van der Waals surface area contributed by atoms with Gasteiger partial charge in [0.25, 0.3) is 0 Å². The fourth-order valence-electron chi connectivity index (χ4n) is 3.22. The third-order valence-electron chi connectivity index (χ3n) is 4.56. The highest BCUT2D eigenvalue weighted by Gasteiger charge is 2.25. The maximum Gasteiger partial charge on any atom is 0.321 e. The number of likely N-dealkylation sites (tertiary alicyclic amines) is 1. The number of rotatable bonds is 7. The van der Waals surface area contributed by atoms with Gasteiger partial charge in [-0.05, 0) is 37.1 Å². The third-order valence-corrected chi connectivity index (χ3v) is 4.56. The molecule has 1 heterocycles. The average Bonchev–Trinajstić information content (AvgIpc) is 2.87. The Bertz CT molecular complexity index is 577. The Labute approximate surface area is 155 Å². The molecule has 1 aliphatic heterocycles. The van der Waals surface area contributed by atoms with Gasteiger partial charge in [-0.3, -0.25) is 15.0 Å². The fraction of sp³-hybridized carbons (Fsp3) is 0.579. The van der Waals surface area contributed by atoms with Crippen molar-refractivity contribution in [2.45, 2.75) is 31.7 Å². The quantitative estimate of drug-likeness (QED) is 0.725. The number of hydrogen-bond donors (Lipinski definition) is 2. The van der Waals surface area contributed by atoms with Crippen LogP contribution in [0.15, 0.2) is 24.3 Å². The van der Waals surface area contributed by atoms with E-state index in [9.17, 15) is 9.59 Å². The predicted molar refractivity (Wildman–Crippen MR) is 99.2 cm³/mol. The van der Waals surface area contributed by atoms with Crippen molar-refractivity contribution < 1.29 is 19.1 Å². The van der Waals surface area contributed by atoms with Crippen LogP contribution in [-0.2, 0) is 9.53 Å². The second-order valence-electron chi connectivity index (χ2n) is 6.41. The minimum Gasteiger partial charge on any atom is -0.497 e. The lowest BCUT2D eigenvalue weighted by Crippen LogP contribution is -2.46. The van der Waals surface area contributed by atoms with E-state index in [1.54, 1.807) is 14.2 Å². The van der Waals surface area contributed by atoms with Crippen LogP contribution in [0.25, 0.3) is 0 Å². The topological polar surface area (TPSA) is 79.9 Å². The largest absolute Gasteiger partial charge is 0.497 e. The van der Waals surface area contributed by atoms with Crippen LogP contribution in [-0.4, -0.2) is 57.3 Å². The van der Waals surface area contributed by atoms with Crippen LogP contribution in [0.5, 0.6) is 5.75 Å². The molecule has 26 heavy (non-hydrogen) atoms. The molecule has 1 aliphatic rings. The summed E-state index contributed by atoms with van der Waals surface area (Å²) < 4.78 is 10.1. The lowest BCUT2D eigenvalue weighted by atomic mass is 10.0. The number of imide groups is 1. The fourth-order valence-corrected chi connectivity index (χ4v) is 3.22. The zero-order chi connectivity index (χ0) is 18.8. The van der Waals surface area contributed by atoms with Crippen molar-refractivity contribution >= 4 is 11.9 Å². The SMILES string of the molecule is COCCNC(=O)NC(=O)CN1CCCCC[C@@H]1c1ccc(OC)cc1. The first kappa shape index (κ1) is 20.2. The summed E-state index contributed by atoms with van der Waals surface area (Å²) in [6.45, 7) is 1.82. The summed E-state index contributed by atoms with van der Waals surface area (Å²) in [4.78, 5) is 26.2. The van der Waals surface area contributed by atoms with Gasteiger partial charge in [-0.25, -0.2) is 4.79 Å². The van der Waals surface area contributed by atoms with Crippen molar-refractivity contribution in [3.05, 3.63) is 29.8 Å². The van der Waals surface area contributed by atoms with Gasteiger partial charge in [0.05, 0.1) is 20.3 Å². The number of ether oxygens (including phenoxy) is 2. The monoisotopic (exact) mass is 363 g/mol. The van der Waals surface area contributed by atoms with E-state index >= 15 is 0 Å². The molecule has 0 saturated carbocycles. The molecule has 7 nitrogen and oxygen atoms in total. The second-order valence-corrected chi connectivity index (χ2v) is 6.41. The van der Waals surface area contributed by atoms with E-state index in [0.29, 0.717) is 13.2 Å². The Morgan fingerprint density at radius 2 is 1.92 bits per heavy atom. The number of nitrogens with one attached hydrogen (secondary N) is 2. The molecule has 2 rings (SSSR count). The molecular weight excluding hydrogens is 334 g/mol. The molecule has 7 heteroatoms. The first-order chi connectivity index (χ1) is 12.6. The van der Waals surface area contributed by atoms with Gasteiger partial charge in [-0.2, -0.15) is 0 Å². The molecular formula is C19H29N3O4. The zero-order valence-electron chi connectivity index (χ0n) is 15.6. The molecule has 144 valence electrons. The highest BCUT2D eigenvalue weighted by atomic mass is 16.5. The van der Waals surface area contributed by atoms with E-state index in [0.717, 1.165) is 38.0 Å². The number of nitrogens with zero attached hydrogens (tertiary/aromatic N) is 1. The van der Waals surface area contributed by atoms with Crippen LogP contribution >= 0.6 is 0 Å². The molecule has 2 N–H and O–H groups in total. The van der Waals surface area contributed by atoms with Gasteiger partial charge in [-0.1, -0.05) is 25.0 Å². The molecule has 0 aromatic heterocycles. The summed E-state index contributed by atoms with van der Waals surface area (Å²) in [5.74, 6) is 0.528. The number of carbonyl (C=O) groups excluding carboxylic acids is 2. The second kappa shape index (κ2) is 10.8. The standard InChI is InChI=1S/C19H29N3O4/c1-25-13-11-20-19(24)21-18(23)14-22-12-5-3-4-6-17(22)15-7-9-16(26-2)10-8-15/h7-10,17H,3-6,11-14H2,1-2H3,(H2,20,21,23,24)/t17-/m1/s1. The molecule has 1 aromatic carbocycles. The summed E-state index contributed by atoms with van der Waals surface area (Å²) >= 11 is 0. The van der Waals surface area contributed by atoms with Crippen molar-refractivity contribution in [1.29, 1.82) is 0 Å². The van der Waals surface area contributed by atoms with Crippen molar-refractivity contribution in [2.24, 2.45) is 0 Å². The van der Waals surface area contributed by atoms with Gasteiger partial charge < -0.3 is 14.8 Å². The number of urea groups is 1. The zero-order valence-corrected chi connectivity index (χ0v) is 15.6. The Morgan fingerprint density at radius 3 is 2.62 bits per heavy atom. The minimum atomic E-state index is -0.483. The molecule has 0 spiro atoms. The molecule has 3 amide bonds. The predicted octanol–water partition coefficient (Wildman–Crippen LogP) is 2.08. The van der Waals surface area contributed by atoms with Gasteiger partial charge in [0.2, 0.25) is 5.91 Å². The van der Waals surface area contributed by atoms with Gasteiger partial charge in [0.15, 0.2) is 0 Å². The van der Waals surface area contributed by atoms with Crippen molar-refractivity contribution in [2.75, 3.05) is 40.5 Å². The third kappa shape index (κ3) is 6.31. The summed E-state index contributed by atoms with van der Waals surface area (Å²) in [5.41, 5.74) is 1.17.